The normalized spacial score (nSPS) is 10.3. The van der Waals surface area contributed by atoms with Crippen LogP contribution >= 0.6 is 0 Å². The van der Waals surface area contributed by atoms with Crippen molar-refractivity contribution in [2.24, 2.45) is 0 Å². The Kier molecular flexibility index (Phi) is 6.68. The zero-order valence-corrected chi connectivity index (χ0v) is 16.3. The van der Waals surface area contributed by atoms with Crippen LogP contribution in [0.5, 0.6) is 17.2 Å². The Labute approximate surface area is 169 Å². The van der Waals surface area contributed by atoms with Gasteiger partial charge in [-0.1, -0.05) is 24.3 Å². The summed E-state index contributed by atoms with van der Waals surface area (Å²) in [6.07, 6.45) is 0.154. The topological polar surface area (TPSA) is 56.8 Å². The summed E-state index contributed by atoms with van der Waals surface area (Å²) in [4.78, 5) is 12.5. The third-order valence-corrected chi connectivity index (χ3v) is 4.26. The van der Waals surface area contributed by atoms with Crippen molar-refractivity contribution in [3.05, 3.63) is 83.7 Å². The average Bonchev–Trinajstić information content (AvgIpc) is 2.73. The van der Waals surface area contributed by atoms with Crippen LogP contribution in [-0.4, -0.2) is 20.1 Å². The summed E-state index contributed by atoms with van der Waals surface area (Å²) < 4.78 is 29.5. The lowest BCUT2D eigenvalue weighted by molar-refractivity contribution is -0.115. The first-order chi connectivity index (χ1) is 14.1. The van der Waals surface area contributed by atoms with Gasteiger partial charge in [0.2, 0.25) is 5.91 Å². The minimum absolute atomic E-state index is 0.154. The molecular weight excluding hydrogens is 373 g/mol. The highest BCUT2D eigenvalue weighted by Crippen LogP contribution is 2.25. The molecule has 0 unspecified atom stereocenters. The molecule has 0 bridgehead atoms. The molecule has 3 aromatic rings. The van der Waals surface area contributed by atoms with E-state index < -0.39 is 0 Å². The number of methoxy groups -OCH3 is 2. The second-order valence-corrected chi connectivity index (χ2v) is 6.35. The van der Waals surface area contributed by atoms with Crippen molar-refractivity contribution < 1.29 is 23.4 Å². The lowest BCUT2D eigenvalue weighted by atomic mass is 10.1. The van der Waals surface area contributed by atoms with Crippen molar-refractivity contribution in [3.8, 4) is 17.2 Å². The molecule has 0 aromatic heterocycles. The summed E-state index contributed by atoms with van der Waals surface area (Å²) in [7, 11) is 3.13. The predicted octanol–water partition coefficient (Wildman–Crippen LogP) is 4.60. The Morgan fingerprint density at radius 2 is 1.76 bits per heavy atom. The number of halogens is 1. The molecular formula is C23H22FNO4. The van der Waals surface area contributed by atoms with Gasteiger partial charge in [-0.25, -0.2) is 4.39 Å². The molecule has 3 aromatic carbocycles. The SMILES string of the molecule is COc1ccc(CC(=O)Nc2cccc(OCc3cccc(F)c3)c2)c(OC)c1. The minimum Gasteiger partial charge on any atom is -0.497 e. The zero-order valence-electron chi connectivity index (χ0n) is 16.3. The fraction of sp³-hybridized carbons (Fsp3) is 0.174. The fourth-order valence-corrected chi connectivity index (χ4v) is 2.83. The van der Waals surface area contributed by atoms with Crippen LogP contribution in [0.2, 0.25) is 0 Å². The highest BCUT2D eigenvalue weighted by Gasteiger charge is 2.11. The second kappa shape index (κ2) is 9.59. The van der Waals surface area contributed by atoms with E-state index in [1.807, 2.05) is 0 Å². The van der Waals surface area contributed by atoms with Crippen molar-refractivity contribution in [2.75, 3.05) is 19.5 Å². The average molecular weight is 395 g/mol. The summed E-state index contributed by atoms with van der Waals surface area (Å²) in [5, 5.41) is 2.85. The molecule has 29 heavy (non-hydrogen) atoms. The molecule has 0 saturated heterocycles. The number of nitrogens with one attached hydrogen (secondary N) is 1. The zero-order chi connectivity index (χ0) is 20.6. The van der Waals surface area contributed by atoms with Gasteiger partial charge in [0.15, 0.2) is 0 Å². The van der Waals surface area contributed by atoms with Gasteiger partial charge in [-0.3, -0.25) is 4.79 Å². The number of anilines is 1. The highest BCUT2D eigenvalue weighted by molar-refractivity contribution is 5.92. The number of hydrogen-bond acceptors (Lipinski definition) is 4. The summed E-state index contributed by atoms with van der Waals surface area (Å²) >= 11 is 0. The van der Waals surface area contributed by atoms with Crippen LogP contribution in [0.25, 0.3) is 0 Å². The maximum Gasteiger partial charge on any atom is 0.228 e. The molecule has 0 aliphatic heterocycles. The van der Waals surface area contributed by atoms with Gasteiger partial charge in [0, 0.05) is 23.4 Å². The molecule has 1 amide bonds. The Hall–Kier alpha value is -3.54. The third-order valence-electron chi connectivity index (χ3n) is 4.26. The number of amides is 1. The van der Waals surface area contributed by atoms with E-state index in [1.54, 1.807) is 68.8 Å². The van der Waals surface area contributed by atoms with Gasteiger partial charge in [-0.05, 0) is 35.9 Å². The first-order valence-electron chi connectivity index (χ1n) is 9.05. The van der Waals surface area contributed by atoms with Crippen LogP contribution in [0.15, 0.2) is 66.7 Å². The summed E-state index contributed by atoms with van der Waals surface area (Å²) in [5.74, 6) is 1.34. The van der Waals surface area contributed by atoms with E-state index in [9.17, 15) is 9.18 Å². The number of carbonyl (C=O) groups excluding carboxylic acids is 1. The molecule has 0 spiro atoms. The number of benzene rings is 3. The Balaban J connectivity index is 1.61. The largest absolute Gasteiger partial charge is 0.497 e. The molecule has 0 aliphatic carbocycles. The molecule has 0 fully saturated rings. The van der Waals surface area contributed by atoms with E-state index >= 15 is 0 Å². The molecule has 5 nitrogen and oxygen atoms in total. The van der Waals surface area contributed by atoms with Crippen molar-refractivity contribution in [2.45, 2.75) is 13.0 Å². The summed E-state index contributed by atoms with van der Waals surface area (Å²) in [5.41, 5.74) is 2.09. The molecule has 1 N–H and O–H groups in total. The van der Waals surface area contributed by atoms with Gasteiger partial charge in [-0.2, -0.15) is 0 Å². The monoisotopic (exact) mass is 395 g/mol. The molecule has 0 radical (unpaired) electrons. The smallest absolute Gasteiger partial charge is 0.228 e. The van der Waals surface area contributed by atoms with Crippen LogP contribution < -0.4 is 19.5 Å². The summed E-state index contributed by atoms with van der Waals surface area (Å²) in [6, 6.07) is 18.6. The van der Waals surface area contributed by atoms with Crippen molar-refractivity contribution in [3.63, 3.8) is 0 Å². The van der Waals surface area contributed by atoms with E-state index in [2.05, 4.69) is 5.32 Å². The lowest BCUT2D eigenvalue weighted by Gasteiger charge is -2.12. The lowest BCUT2D eigenvalue weighted by Crippen LogP contribution is -2.15. The molecule has 6 heteroatoms. The first kappa shape index (κ1) is 20.2. The van der Waals surface area contributed by atoms with Crippen LogP contribution in [0.3, 0.4) is 0 Å². The maximum atomic E-state index is 13.3. The number of rotatable bonds is 8. The van der Waals surface area contributed by atoms with Crippen LogP contribution in [-0.2, 0) is 17.8 Å². The fourth-order valence-electron chi connectivity index (χ4n) is 2.83. The van der Waals surface area contributed by atoms with E-state index in [0.29, 0.717) is 22.9 Å². The standard InChI is InChI=1S/C23H22FNO4/c1-27-20-10-9-17(22(14-20)28-2)12-23(26)25-19-7-4-8-21(13-19)29-15-16-5-3-6-18(24)11-16/h3-11,13-14H,12,15H2,1-2H3,(H,25,26). The number of hydrogen-bond donors (Lipinski definition) is 1. The molecule has 0 atom stereocenters. The van der Waals surface area contributed by atoms with Gasteiger partial charge in [0.05, 0.1) is 20.6 Å². The van der Waals surface area contributed by atoms with Crippen LogP contribution in [0, 0.1) is 5.82 Å². The first-order valence-corrected chi connectivity index (χ1v) is 9.05. The van der Waals surface area contributed by atoms with E-state index in [1.165, 1.54) is 12.1 Å². The predicted molar refractivity (Wildman–Crippen MR) is 109 cm³/mol. The van der Waals surface area contributed by atoms with E-state index in [0.717, 1.165) is 11.1 Å². The number of carbonyl (C=O) groups is 1. The van der Waals surface area contributed by atoms with Crippen LogP contribution in [0.4, 0.5) is 10.1 Å². The van der Waals surface area contributed by atoms with Gasteiger partial charge < -0.3 is 19.5 Å². The van der Waals surface area contributed by atoms with E-state index in [4.69, 9.17) is 14.2 Å². The maximum absolute atomic E-state index is 13.3. The van der Waals surface area contributed by atoms with Crippen molar-refractivity contribution in [1.29, 1.82) is 0 Å². The Bertz CT molecular complexity index is 990. The second-order valence-electron chi connectivity index (χ2n) is 6.35. The molecule has 0 aliphatic rings. The van der Waals surface area contributed by atoms with Gasteiger partial charge in [0.1, 0.15) is 29.7 Å². The molecule has 0 saturated carbocycles. The Morgan fingerprint density at radius 3 is 2.52 bits per heavy atom. The van der Waals surface area contributed by atoms with Gasteiger partial charge in [0.25, 0.3) is 0 Å². The highest BCUT2D eigenvalue weighted by atomic mass is 19.1. The molecule has 3 rings (SSSR count). The van der Waals surface area contributed by atoms with Crippen molar-refractivity contribution in [1.82, 2.24) is 0 Å². The van der Waals surface area contributed by atoms with Gasteiger partial charge in [-0.15, -0.1) is 0 Å². The number of ether oxygens (including phenoxy) is 3. The minimum atomic E-state index is -0.305. The van der Waals surface area contributed by atoms with E-state index in [-0.39, 0.29) is 24.8 Å². The van der Waals surface area contributed by atoms with Crippen molar-refractivity contribution >= 4 is 11.6 Å². The molecule has 0 heterocycles. The van der Waals surface area contributed by atoms with Crippen LogP contribution in [0.1, 0.15) is 11.1 Å². The summed E-state index contributed by atoms with van der Waals surface area (Å²) in [6.45, 7) is 0.234. The van der Waals surface area contributed by atoms with Gasteiger partial charge >= 0.3 is 0 Å². The Morgan fingerprint density at radius 1 is 0.931 bits per heavy atom. The quantitative estimate of drug-likeness (QED) is 0.606. The molecule has 150 valence electrons. The third kappa shape index (κ3) is 5.72.